The molecule has 1 fully saturated rings. The number of nitrogens with one attached hydrogen (secondary N) is 2. The predicted molar refractivity (Wildman–Crippen MR) is 130 cm³/mol. The van der Waals surface area contributed by atoms with Crippen molar-refractivity contribution in [3.63, 3.8) is 0 Å². The van der Waals surface area contributed by atoms with Crippen molar-refractivity contribution < 1.29 is 34.8 Å². The molecule has 1 aliphatic heterocycles. The number of ether oxygens (including phenoxy) is 1. The highest BCUT2D eigenvalue weighted by molar-refractivity contribution is 7.80. The van der Waals surface area contributed by atoms with Gasteiger partial charge in [0.05, 0.1) is 19.0 Å². The van der Waals surface area contributed by atoms with E-state index in [0.717, 1.165) is 25.7 Å². The summed E-state index contributed by atoms with van der Waals surface area (Å²) in [6.07, 6.45) is 0.354. The third-order valence-corrected chi connectivity index (χ3v) is 6.20. The van der Waals surface area contributed by atoms with Gasteiger partial charge in [0.15, 0.2) is 11.9 Å². The number of hydrogen-bond acceptors (Lipinski definition) is 12. The molecule has 2 aromatic heterocycles. The Balaban J connectivity index is 1.42. The molecule has 36 heavy (non-hydrogen) atoms. The molecule has 0 radical (unpaired) electrons. The van der Waals surface area contributed by atoms with Crippen LogP contribution in [-0.4, -0.2) is 95.9 Å². The highest BCUT2D eigenvalue weighted by Crippen LogP contribution is 2.32. The number of nitrogens with two attached hydrogens (primary N) is 1. The lowest BCUT2D eigenvalue weighted by molar-refractivity contribution is -0.137. The zero-order valence-corrected chi connectivity index (χ0v) is 20.5. The smallest absolute Gasteiger partial charge is 0.303 e. The second kappa shape index (κ2) is 13.1. The number of aliphatic hydroxyl groups excluding tert-OH is 3. The number of aromatic nitrogens is 4. The molecule has 0 saturated carbocycles. The number of fused-ring (bicyclic) bond motifs is 1. The summed E-state index contributed by atoms with van der Waals surface area (Å²) in [5.41, 5.74) is 6.44. The molecule has 14 nitrogen and oxygen atoms in total. The number of anilines is 1. The molecule has 0 aromatic carbocycles. The number of carbonyl (C=O) groups is 2. The summed E-state index contributed by atoms with van der Waals surface area (Å²) in [6.45, 7) is 0.627. The van der Waals surface area contributed by atoms with Gasteiger partial charge < -0.3 is 41.5 Å². The van der Waals surface area contributed by atoms with Gasteiger partial charge in [0, 0.05) is 19.5 Å². The molecule has 0 aliphatic carbocycles. The lowest BCUT2D eigenvalue weighted by Crippen LogP contribution is -2.41. The third kappa shape index (κ3) is 7.02. The Bertz CT molecular complexity index is 1040. The number of amides is 1. The van der Waals surface area contributed by atoms with Gasteiger partial charge in [-0.1, -0.05) is 12.8 Å². The van der Waals surface area contributed by atoms with Crippen LogP contribution in [0.4, 0.5) is 5.95 Å². The average Bonchev–Trinajstić information content (AvgIpc) is 3.39. The zero-order valence-electron chi connectivity index (χ0n) is 19.7. The molecular weight excluding hydrogens is 494 g/mol. The first-order chi connectivity index (χ1) is 17.2. The summed E-state index contributed by atoms with van der Waals surface area (Å²) < 4.78 is 7.05. The molecule has 2 unspecified atom stereocenters. The summed E-state index contributed by atoms with van der Waals surface area (Å²) in [5.74, 6) is -1.00. The van der Waals surface area contributed by atoms with Gasteiger partial charge >= 0.3 is 5.97 Å². The van der Waals surface area contributed by atoms with E-state index in [-0.39, 0.29) is 18.7 Å². The monoisotopic (exact) mass is 527 g/mol. The molecule has 200 valence electrons. The fourth-order valence-electron chi connectivity index (χ4n) is 3.83. The second-order valence-electron chi connectivity index (χ2n) is 8.59. The first-order valence-electron chi connectivity index (χ1n) is 11.8. The van der Waals surface area contributed by atoms with Gasteiger partial charge in [0.25, 0.3) is 0 Å². The summed E-state index contributed by atoms with van der Waals surface area (Å²) >= 11 is 4.38. The quantitative estimate of drug-likeness (QED) is 0.0843. The van der Waals surface area contributed by atoms with Gasteiger partial charge in [0.2, 0.25) is 11.9 Å². The second-order valence-corrected chi connectivity index (χ2v) is 9.02. The SMILES string of the molecule is NC(CCC(=O)O)C(=O)NCCCCCCNc1nc(S)c2ncn([C@@H]3O[C@H](CO)[C@H](O)C3O)c2n1. The van der Waals surface area contributed by atoms with E-state index >= 15 is 0 Å². The van der Waals surface area contributed by atoms with E-state index in [9.17, 15) is 24.9 Å². The molecule has 0 bridgehead atoms. The van der Waals surface area contributed by atoms with Crippen LogP contribution < -0.4 is 16.4 Å². The number of nitrogens with zero attached hydrogens (tertiary/aromatic N) is 4. The molecule has 0 spiro atoms. The predicted octanol–water partition coefficient (Wildman–Crippen LogP) is -0.993. The van der Waals surface area contributed by atoms with Gasteiger partial charge in [-0.15, -0.1) is 12.6 Å². The number of thiol groups is 1. The number of aliphatic hydroxyl groups is 3. The van der Waals surface area contributed by atoms with Crippen LogP contribution in [0.3, 0.4) is 0 Å². The minimum absolute atomic E-state index is 0.106. The van der Waals surface area contributed by atoms with Gasteiger partial charge in [-0.3, -0.25) is 14.2 Å². The van der Waals surface area contributed by atoms with E-state index in [4.69, 9.17) is 15.6 Å². The largest absolute Gasteiger partial charge is 0.481 e. The van der Waals surface area contributed by atoms with Gasteiger partial charge in [-0.05, 0) is 19.3 Å². The fourth-order valence-corrected chi connectivity index (χ4v) is 4.09. The Labute approximate surface area is 212 Å². The molecule has 1 saturated heterocycles. The van der Waals surface area contributed by atoms with Crippen LogP contribution in [0.25, 0.3) is 11.2 Å². The van der Waals surface area contributed by atoms with Crippen LogP contribution in [0.15, 0.2) is 11.4 Å². The lowest BCUT2D eigenvalue weighted by atomic mass is 10.1. The third-order valence-electron chi connectivity index (χ3n) is 5.89. The number of hydrogen-bond donors (Lipinski definition) is 8. The van der Waals surface area contributed by atoms with Crippen LogP contribution in [0, 0.1) is 0 Å². The Hall–Kier alpha value is -2.56. The van der Waals surface area contributed by atoms with Gasteiger partial charge in [-0.25, -0.2) is 9.97 Å². The summed E-state index contributed by atoms with van der Waals surface area (Å²) in [5, 5.41) is 44.5. The van der Waals surface area contributed by atoms with Crippen molar-refractivity contribution >= 4 is 41.6 Å². The number of imidazole rings is 1. The average molecular weight is 528 g/mol. The molecule has 15 heteroatoms. The molecule has 3 heterocycles. The first kappa shape index (κ1) is 28.0. The van der Waals surface area contributed by atoms with Crippen LogP contribution >= 0.6 is 12.6 Å². The van der Waals surface area contributed by atoms with Gasteiger partial charge in [-0.2, -0.15) is 4.98 Å². The molecule has 1 aliphatic rings. The normalized spacial score (nSPS) is 22.6. The number of carbonyl (C=O) groups excluding carboxylic acids is 1. The molecule has 3 rings (SSSR count). The van der Waals surface area contributed by atoms with Crippen molar-refractivity contribution in [2.24, 2.45) is 5.73 Å². The number of unbranched alkanes of at least 4 members (excludes halogenated alkanes) is 3. The number of carboxylic acid groups (broad SMARTS) is 1. The van der Waals surface area contributed by atoms with Crippen LogP contribution in [0.1, 0.15) is 44.8 Å². The molecule has 5 atom stereocenters. The highest BCUT2D eigenvalue weighted by Gasteiger charge is 2.44. The van der Waals surface area contributed by atoms with E-state index in [1.54, 1.807) is 0 Å². The Morgan fingerprint density at radius 3 is 2.56 bits per heavy atom. The fraction of sp³-hybridized carbons (Fsp3) is 0.667. The Morgan fingerprint density at radius 1 is 1.17 bits per heavy atom. The zero-order chi connectivity index (χ0) is 26.2. The van der Waals surface area contributed by atoms with E-state index in [1.165, 1.54) is 10.9 Å². The minimum Gasteiger partial charge on any atom is -0.481 e. The molecular formula is C21H33N7O7S. The van der Waals surface area contributed by atoms with Crippen molar-refractivity contribution in [2.45, 2.75) is 74.1 Å². The van der Waals surface area contributed by atoms with Crippen molar-refractivity contribution in [1.29, 1.82) is 0 Å². The standard InChI is InChI=1S/C21H33N7O7S/c22-11(5-6-13(30)31)18(34)23-7-3-1-2-4-8-24-21-26-17-14(19(36)27-21)25-10-28(17)20-16(33)15(32)12(9-29)35-20/h10-12,15-16,20,29,32-33H,1-9,22H2,(H,23,34)(H,30,31)(H2,24,26,27,36)/t11?,12-,15+,16?,20-/m1/s1. The van der Waals surface area contributed by atoms with Crippen LogP contribution in [0.2, 0.25) is 0 Å². The van der Waals surface area contributed by atoms with Crippen molar-refractivity contribution in [1.82, 2.24) is 24.8 Å². The number of aliphatic carboxylic acids is 1. The van der Waals surface area contributed by atoms with Crippen LogP contribution in [-0.2, 0) is 14.3 Å². The first-order valence-corrected chi connectivity index (χ1v) is 12.2. The summed E-state index contributed by atoms with van der Waals surface area (Å²) in [7, 11) is 0. The van der Waals surface area contributed by atoms with Gasteiger partial charge in [0.1, 0.15) is 28.9 Å². The van der Waals surface area contributed by atoms with Crippen LogP contribution in [0.5, 0.6) is 0 Å². The number of rotatable bonds is 14. The van der Waals surface area contributed by atoms with E-state index in [1.807, 2.05) is 0 Å². The topological polar surface area (TPSA) is 218 Å². The van der Waals surface area contributed by atoms with Crippen molar-refractivity contribution in [3.05, 3.63) is 6.33 Å². The maximum atomic E-state index is 11.8. The molecule has 2 aromatic rings. The Morgan fingerprint density at radius 2 is 1.89 bits per heavy atom. The van der Waals surface area contributed by atoms with E-state index in [2.05, 4.69) is 38.2 Å². The van der Waals surface area contributed by atoms with Crippen molar-refractivity contribution in [3.8, 4) is 0 Å². The maximum absolute atomic E-state index is 11.8. The van der Waals surface area contributed by atoms with Crippen molar-refractivity contribution in [2.75, 3.05) is 25.0 Å². The number of carboxylic acids is 1. The highest BCUT2D eigenvalue weighted by atomic mass is 32.1. The molecule has 8 N–H and O–H groups in total. The summed E-state index contributed by atoms with van der Waals surface area (Å²) in [6, 6.07) is -0.819. The van der Waals surface area contributed by atoms with E-state index < -0.39 is 43.2 Å². The lowest BCUT2D eigenvalue weighted by Gasteiger charge is -2.16. The molecule has 1 amide bonds. The minimum atomic E-state index is -1.26. The summed E-state index contributed by atoms with van der Waals surface area (Å²) in [4.78, 5) is 35.3. The Kier molecular flexibility index (Phi) is 10.2. The maximum Gasteiger partial charge on any atom is 0.303 e. The van der Waals surface area contributed by atoms with E-state index in [0.29, 0.717) is 35.2 Å².